The van der Waals surface area contributed by atoms with Crippen molar-refractivity contribution in [3.05, 3.63) is 23.9 Å². The number of piperidine rings is 1. The molecule has 1 aliphatic heterocycles. The molecular formula is C19H29N3O4. The Morgan fingerprint density at radius 2 is 2.04 bits per heavy atom. The molecule has 0 radical (unpaired) electrons. The lowest BCUT2D eigenvalue weighted by Crippen LogP contribution is -2.42. The van der Waals surface area contributed by atoms with E-state index >= 15 is 0 Å². The van der Waals surface area contributed by atoms with Crippen LogP contribution in [0.5, 0.6) is 0 Å². The van der Waals surface area contributed by atoms with Crippen LogP contribution >= 0.6 is 0 Å². The molecule has 0 bridgehead atoms. The normalized spacial score (nSPS) is 17.6. The van der Waals surface area contributed by atoms with Crippen LogP contribution in [0.3, 0.4) is 0 Å². The van der Waals surface area contributed by atoms with Crippen LogP contribution in [0.1, 0.15) is 43.5 Å². The van der Waals surface area contributed by atoms with E-state index in [0.29, 0.717) is 36.8 Å². The molecule has 0 aromatic carbocycles. The summed E-state index contributed by atoms with van der Waals surface area (Å²) < 4.78 is 0. The smallest absolute Gasteiger partial charge is 0.255 e. The molecular weight excluding hydrogens is 334 g/mol. The molecule has 0 aliphatic carbocycles. The highest BCUT2D eigenvalue weighted by atomic mass is 16.3. The summed E-state index contributed by atoms with van der Waals surface area (Å²) in [6.07, 6.45) is 3.73. The van der Waals surface area contributed by atoms with Gasteiger partial charge < -0.3 is 20.4 Å². The van der Waals surface area contributed by atoms with E-state index in [1.54, 1.807) is 17.0 Å². The third kappa shape index (κ3) is 5.51. The SMILES string of the molecule is CC(C)CC(=O)[C@@H]1CCCN(C(=O)c2ccc(NC(CO)CO)nc2)C1. The summed E-state index contributed by atoms with van der Waals surface area (Å²) in [6, 6.07) is 2.83. The van der Waals surface area contributed by atoms with Crippen molar-refractivity contribution in [3.63, 3.8) is 0 Å². The summed E-state index contributed by atoms with van der Waals surface area (Å²) in [4.78, 5) is 30.9. The molecule has 144 valence electrons. The number of hydrogen-bond acceptors (Lipinski definition) is 6. The second-order valence-corrected chi connectivity index (χ2v) is 7.29. The average Bonchev–Trinajstić information content (AvgIpc) is 2.65. The van der Waals surface area contributed by atoms with E-state index in [1.165, 1.54) is 6.20 Å². The van der Waals surface area contributed by atoms with Gasteiger partial charge in [-0.1, -0.05) is 13.8 Å². The van der Waals surface area contributed by atoms with Crippen molar-refractivity contribution < 1.29 is 19.8 Å². The minimum atomic E-state index is -0.487. The Balaban J connectivity index is 1.98. The van der Waals surface area contributed by atoms with Gasteiger partial charge in [-0.25, -0.2) is 4.98 Å². The zero-order valence-electron chi connectivity index (χ0n) is 15.5. The van der Waals surface area contributed by atoms with E-state index in [-0.39, 0.29) is 30.8 Å². The fourth-order valence-electron chi connectivity index (χ4n) is 3.14. The molecule has 1 aliphatic rings. The molecule has 2 heterocycles. The first kappa shape index (κ1) is 20.3. The number of likely N-dealkylation sites (tertiary alicyclic amines) is 1. The van der Waals surface area contributed by atoms with E-state index < -0.39 is 6.04 Å². The summed E-state index contributed by atoms with van der Waals surface area (Å²) in [6.45, 7) is 4.77. The number of carbonyl (C=O) groups is 2. The van der Waals surface area contributed by atoms with Crippen LogP contribution < -0.4 is 5.32 Å². The first-order valence-corrected chi connectivity index (χ1v) is 9.20. The summed E-state index contributed by atoms with van der Waals surface area (Å²) in [7, 11) is 0. The Morgan fingerprint density at radius 3 is 2.62 bits per heavy atom. The van der Waals surface area contributed by atoms with Crippen molar-refractivity contribution in [2.24, 2.45) is 11.8 Å². The van der Waals surface area contributed by atoms with Gasteiger partial charge in [-0.05, 0) is 30.9 Å². The molecule has 7 heteroatoms. The highest BCUT2D eigenvalue weighted by Gasteiger charge is 2.29. The van der Waals surface area contributed by atoms with Crippen molar-refractivity contribution in [2.45, 2.75) is 39.2 Å². The molecule has 2 rings (SSSR count). The topological polar surface area (TPSA) is 103 Å². The van der Waals surface area contributed by atoms with Crippen LogP contribution in [0.4, 0.5) is 5.82 Å². The number of aromatic nitrogens is 1. The zero-order chi connectivity index (χ0) is 19.1. The van der Waals surface area contributed by atoms with Crippen molar-refractivity contribution in [1.29, 1.82) is 0 Å². The molecule has 1 saturated heterocycles. The molecule has 1 fully saturated rings. The largest absolute Gasteiger partial charge is 0.394 e. The van der Waals surface area contributed by atoms with Crippen LogP contribution in [0.25, 0.3) is 0 Å². The predicted molar refractivity (Wildman–Crippen MR) is 98.9 cm³/mol. The van der Waals surface area contributed by atoms with E-state index in [2.05, 4.69) is 10.3 Å². The number of ketones is 1. The number of aliphatic hydroxyl groups excluding tert-OH is 2. The molecule has 1 amide bonds. The minimum absolute atomic E-state index is 0.0705. The highest BCUT2D eigenvalue weighted by Crippen LogP contribution is 2.22. The van der Waals surface area contributed by atoms with Gasteiger partial charge in [-0.3, -0.25) is 9.59 Å². The van der Waals surface area contributed by atoms with Gasteiger partial charge in [0.2, 0.25) is 0 Å². The van der Waals surface area contributed by atoms with Gasteiger partial charge in [0.05, 0.1) is 24.8 Å². The molecule has 0 saturated carbocycles. The number of rotatable bonds is 8. The van der Waals surface area contributed by atoms with Gasteiger partial charge >= 0.3 is 0 Å². The average molecular weight is 363 g/mol. The third-order valence-electron chi connectivity index (χ3n) is 4.58. The molecule has 1 aromatic heterocycles. The van der Waals surface area contributed by atoms with Gasteiger partial charge in [-0.15, -0.1) is 0 Å². The van der Waals surface area contributed by atoms with E-state index in [4.69, 9.17) is 10.2 Å². The summed E-state index contributed by atoms with van der Waals surface area (Å²) in [5.74, 6) is 0.873. The molecule has 0 unspecified atom stereocenters. The summed E-state index contributed by atoms with van der Waals surface area (Å²) in [5, 5.41) is 21.1. The fraction of sp³-hybridized carbons (Fsp3) is 0.632. The zero-order valence-corrected chi connectivity index (χ0v) is 15.5. The molecule has 0 spiro atoms. The maximum Gasteiger partial charge on any atom is 0.255 e. The summed E-state index contributed by atoms with van der Waals surface area (Å²) >= 11 is 0. The number of nitrogens with zero attached hydrogens (tertiary/aromatic N) is 2. The first-order chi connectivity index (χ1) is 12.4. The van der Waals surface area contributed by atoms with Crippen LogP contribution in [0.2, 0.25) is 0 Å². The monoisotopic (exact) mass is 363 g/mol. The van der Waals surface area contributed by atoms with Gasteiger partial charge in [-0.2, -0.15) is 0 Å². The second-order valence-electron chi connectivity index (χ2n) is 7.29. The third-order valence-corrected chi connectivity index (χ3v) is 4.58. The van der Waals surface area contributed by atoms with Crippen LogP contribution in [0, 0.1) is 11.8 Å². The Bertz CT molecular complexity index is 599. The van der Waals surface area contributed by atoms with E-state index in [1.807, 2.05) is 13.8 Å². The lowest BCUT2D eigenvalue weighted by molar-refractivity contribution is -0.124. The van der Waals surface area contributed by atoms with Gasteiger partial charge in [0.25, 0.3) is 5.91 Å². The first-order valence-electron chi connectivity index (χ1n) is 9.20. The number of amides is 1. The molecule has 7 nitrogen and oxygen atoms in total. The lowest BCUT2D eigenvalue weighted by atomic mass is 9.89. The fourth-order valence-corrected chi connectivity index (χ4v) is 3.14. The number of Topliss-reactive ketones (excluding diaryl/α,β-unsaturated/α-hetero) is 1. The molecule has 3 N–H and O–H groups in total. The van der Waals surface area contributed by atoms with Gasteiger partial charge in [0.1, 0.15) is 11.6 Å². The Morgan fingerprint density at radius 1 is 1.31 bits per heavy atom. The molecule has 1 atom stereocenters. The highest BCUT2D eigenvalue weighted by molar-refractivity contribution is 5.94. The second kappa shape index (κ2) is 9.64. The Kier molecular flexibility index (Phi) is 7.53. The number of carbonyl (C=O) groups excluding carboxylic acids is 2. The standard InChI is InChI=1S/C19H29N3O4/c1-13(2)8-17(25)15-4-3-7-22(10-15)19(26)14-5-6-18(20-9-14)21-16(11-23)12-24/h5-6,9,13,15-16,23-24H,3-4,7-8,10-12H2,1-2H3,(H,20,21)/t15-/m1/s1. The molecule has 26 heavy (non-hydrogen) atoms. The number of anilines is 1. The number of aliphatic hydroxyl groups is 2. The number of nitrogens with one attached hydrogen (secondary N) is 1. The quantitative estimate of drug-likeness (QED) is 0.644. The maximum atomic E-state index is 12.7. The maximum absolute atomic E-state index is 12.7. The van der Waals surface area contributed by atoms with E-state index in [0.717, 1.165) is 12.8 Å². The van der Waals surface area contributed by atoms with Crippen molar-refractivity contribution in [2.75, 3.05) is 31.6 Å². The number of hydrogen-bond donors (Lipinski definition) is 3. The number of pyridine rings is 1. The predicted octanol–water partition coefficient (Wildman–Crippen LogP) is 1.31. The van der Waals surface area contributed by atoms with Gasteiger partial charge in [0.15, 0.2) is 0 Å². The summed E-state index contributed by atoms with van der Waals surface area (Å²) in [5.41, 5.74) is 0.469. The van der Waals surface area contributed by atoms with Crippen molar-refractivity contribution in [3.8, 4) is 0 Å². The lowest BCUT2D eigenvalue weighted by Gasteiger charge is -2.32. The van der Waals surface area contributed by atoms with Crippen LogP contribution in [-0.2, 0) is 4.79 Å². The van der Waals surface area contributed by atoms with Gasteiger partial charge in [0, 0.05) is 31.6 Å². The van der Waals surface area contributed by atoms with Crippen molar-refractivity contribution in [1.82, 2.24) is 9.88 Å². The van der Waals surface area contributed by atoms with E-state index in [9.17, 15) is 9.59 Å². The minimum Gasteiger partial charge on any atom is -0.394 e. The van der Waals surface area contributed by atoms with Crippen LogP contribution in [-0.4, -0.2) is 64.1 Å². The van der Waals surface area contributed by atoms with Crippen LogP contribution in [0.15, 0.2) is 18.3 Å². The van der Waals surface area contributed by atoms with Crippen molar-refractivity contribution >= 4 is 17.5 Å². The Labute approximate surface area is 154 Å². The molecule has 1 aromatic rings. The Hall–Kier alpha value is -1.99.